The second-order valence-corrected chi connectivity index (χ2v) is 5.65. The highest BCUT2D eigenvalue weighted by Crippen LogP contribution is 2.34. The average Bonchev–Trinajstić information content (AvgIpc) is 3.22. The fraction of sp³-hybridized carbons (Fsp3) is 0.375. The molecule has 2 aliphatic rings. The van der Waals surface area contributed by atoms with Gasteiger partial charge in [-0.25, -0.2) is 14.4 Å². The number of rotatable bonds is 2. The molecule has 0 amide bonds. The van der Waals surface area contributed by atoms with Crippen molar-refractivity contribution in [1.29, 1.82) is 0 Å². The van der Waals surface area contributed by atoms with Crippen molar-refractivity contribution in [3.05, 3.63) is 48.4 Å². The molecule has 0 spiro atoms. The Hall–Kier alpha value is -1.85. The molecule has 0 bridgehead atoms. The smallest absolute Gasteiger partial charge is 0.171 e. The van der Waals surface area contributed by atoms with Crippen molar-refractivity contribution in [2.45, 2.75) is 19.4 Å². The fourth-order valence-corrected chi connectivity index (χ4v) is 2.73. The lowest BCUT2D eigenvalue weighted by Crippen LogP contribution is -2.24. The third-order valence-corrected chi connectivity index (χ3v) is 3.85. The molecule has 0 N–H and O–H groups in total. The standard InChI is InChI=1S/C12H11ClN4.C4H8O/c13-17-9-16(7-10-4-2-1-3-5-10)11-6-14-8-15-12(11)17;1-2-4-5-3-1/h1-6,8H,7,9H2;1-4H2. The number of aromatic nitrogens is 2. The summed E-state index contributed by atoms with van der Waals surface area (Å²) in [6.07, 6.45) is 5.87. The van der Waals surface area contributed by atoms with E-state index in [1.54, 1.807) is 10.6 Å². The summed E-state index contributed by atoms with van der Waals surface area (Å²) >= 11 is 6.11. The van der Waals surface area contributed by atoms with Crippen molar-refractivity contribution in [1.82, 2.24) is 9.97 Å². The number of ether oxygens (including phenoxy) is 1. The number of hydrogen-bond donors (Lipinski definition) is 0. The van der Waals surface area contributed by atoms with Crippen LogP contribution in [0, 0.1) is 0 Å². The lowest BCUT2D eigenvalue weighted by atomic mass is 10.2. The van der Waals surface area contributed by atoms with E-state index in [1.165, 1.54) is 24.7 Å². The Kier molecular flexibility index (Phi) is 5.08. The van der Waals surface area contributed by atoms with Gasteiger partial charge in [-0.2, -0.15) is 0 Å². The topological polar surface area (TPSA) is 41.5 Å². The molecule has 0 atom stereocenters. The van der Waals surface area contributed by atoms with Crippen molar-refractivity contribution in [3.8, 4) is 0 Å². The number of nitrogens with zero attached hydrogens (tertiary/aromatic N) is 4. The van der Waals surface area contributed by atoms with E-state index in [2.05, 4.69) is 27.0 Å². The van der Waals surface area contributed by atoms with Crippen LogP contribution in [0.3, 0.4) is 0 Å². The molecule has 0 aliphatic carbocycles. The monoisotopic (exact) mass is 318 g/mol. The van der Waals surface area contributed by atoms with Crippen LogP contribution in [0.5, 0.6) is 0 Å². The minimum absolute atomic E-state index is 0.629. The van der Waals surface area contributed by atoms with Crippen LogP contribution < -0.4 is 9.32 Å². The van der Waals surface area contributed by atoms with Gasteiger partial charge in [0, 0.05) is 31.5 Å². The van der Waals surface area contributed by atoms with Gasteiger partial charge in [0.05, 0.1) is 6.20 Å². The third kappa shape index (κ3) is 3.67. The van der Waals surface area contributed by atoms with Gasteiger partial charge >= 0.3 is 0 Å². The van der Waals surface area contributed by atoms with Crippen LogP contribution in [0.1, 0.15) is 18.4 Å². The SMILES string of the molecule is C1CCOC1.ClN1CN(Cc2ccccc2)c2cncnc21. The van der Waals surface area contributed by atoms with Crippen molar-refractivity contribution in [2.75, 3.05) is 29.2 Å². The molecule has 2 aliphatic heterocycles. The summed E-state index contributed by atoms with van der Waals surface area (Å²) in [5.41, 5.74) is 2.22. The average molecular weight is 319 g/mol. The van der Waals surface area contributed by atoms with Gasteiger partial charge in [0.2, 0.25) is 0 Å². The quantitative estimate of drug-likeness (QED) is 0.795. The Morgan fingerprint density at radius 1 is 1.14 bits per heavy atom. The Labute approximate surface area is 135 Å². The molecule has 1 aromatic heterocycles. The van der Waals surface area contributed by atoms with E-state index >= 15 is 0 Å². The summed E-state index contributed by atoms with van der Waals surface area (Å²) in [5.74, 6) is 0.776. The fourth-order valence-electron chi connectivity index (χ4n) is 2.47. The lowest BCUT2D eigenvalue weighted by molar-refractivity contribution is 0.198. The predicted molar refractivity (Wildman–Crippen MR) is 87.9 cm³/mol. The van der Waals surface area contributed by atoms with Gasteiger partial charge in [0.15, 0.2) is 5.82 Å². The van der Waals surface area contributed by atoms with Crippen LogP contribution in [0.2, 0.25) is 0 Å². The summed E-state index contributed by atoms with van der Waals surface area (Å²) in [5, 5.41) is 0. The number of halogens is 1. The molecule has 1 fully saturated rings. The maximum atomic E-state index is 6.11. The summed E-state index contributed by atoms with van der Waals surface area (Å²) in [7, 11) is 0. The molecule has 4 rings (SSSR count). The summed E-state index contributed by atoms with van der Waals surface area (Å²) in [6, 6.07) is 10.3. The van der Waals surface area contributed by atoms with Crippen LogP contribution >= 0.6 is 11.8 Å². The highest BCUT2D eigenvalue weighted by atomic mass is 35.5. The largest absolute Gasteiger partial charge is 0.381 e. The molecule has 0 unspecified atom stereocenters. The summed E-state index contributed by atoms with van der Waals surface area (Å²) in [6.45, 7) is 3.44. The molecule has 0 saturated carbocycles. The Morgan fingerprint density at radius 2 is 1.91 bits per heavy atom. The molecule has 6 heteroatoms. The van der Waals surface area contributed by atoms with E-state index < -0.39 is 0 Å². The minimum Gasteiger partial charge on any atom is -0.381 e. The van der Waals surface area contributed by atoms with Crippen LogP contribution in [0.25, 0.3) is 0 Å². The molecular formula is C16H19ClN4O. The number of hydrogen-bond acceptors (Lipinski definition) is 5. The van der Waals surface area contributed by atoms with Gasteiger partial charge in [-0.1, -0.05) is 30.3 Å². The van der Waals surface area contributed by atoms with Gasteiger partial charge in [0.1, 0.15) is 18.7 Å². The van der Waals surface area contributed by atoms with Gasteiger partial charge in [0.25, 0.3) is 0 Å². The van der Waals surface area contributed by atoms with E-state index in [-0.39, 0.29) is 0 Å². The van der Waals surface area contributed by atoms with Crippen LogP contribution in [0.4, 0.5) is 11.5 Å². The second-order valence-electron chi connectivity index (χ2n) is 5.24. The summed E-state index contributed by atoms with van der Waals surface area (Å²) < 4.78 is 6.56. The first-order valence-corrected chi connectivity index (χ1v) is 7.78. The molecule has 116 valence electrons. The highest BCUT2D eigenvalue weighted by Gasteiger charge is 2.26. The number of anilines is 2. The zero-order valence-corrected chi connectivity index (χ0v) is 13.1. The Morgan fingerprint density at radius 3 is 2.59 bits per heavy atom. The molecule has 1 saturated heterocycles. The van der Waals surface area contributed by atoms with Crippen molar-refractivity contribution < 1.29 is 4.74 Å². The predicted octanol–water partition coefficient (Wildman–Crippen LogP) is 3.21. The van der Waals surface area contributed by atoms with Crippen molar-refractivity contribution in [2.24, 2.45) is 0 Å². The molecular weight excluding hydrogens is 300 g/mol. The molecule has 5 nitrogen and oxygen atoms in total. The highest BCUT2D eigenvalue weighted by molar-refractivity contribution is 6.27. The Balaban J connectivity index is 0.000000246. The molecule has 1 aromatic carbocycles. The first kappa shape index (κ1) is 15.1. The van der Waals surface area contributed by atoms with E-state index in [0.29, 0.717) is 6.67 Å². The zero-order valence-electron chi connectivity index (χ0n) is 12.4. The van der Waals surface area contributed by atoms with Crippen LogP contribution in [0.15, 0.2) is 42.9 Å². The number of benzene rings is 1. The van der Waals surface area contributed by atoms with Gasteiger partial charge < -0.3 is 9.64 Å². The van der Waals surface area contributed by atoms with Gasteiger partial charge in [-0.05, 0) is 18.4 Å². The maximum absolute atomic E-state index is 6.11. The normalized spacial score (nSPS) is 16.2. The van der Waals surface area contributed by atoms with Crippen LogP contribution in [-0.2, 0) is 11.3 Å². The van der Waals surface area contributed by atoms with E-state index in [1.807, 2.05) is 18.2 Å². The van der Waals surface area contributed by atoms with Crippen molar-refractivity contribution in [3.63, 3.8) is 0 Å². The second kappa shape index (κ2) is 7.42. The third-order valence-electron chi connectivity index (χ3n) is 3.58. The van der Waals surface area contributed by atoms with E-state index in [9.17, 15) is 0 Å². The first-order chi connectivity index (χ1) is 10.8. The van der Waals surface area contributed by atoms with Crippen molar-refractivity contribution >= 4 is 23.3 Å². The van der Waals surface area contributed by atoms with E-state index in [4.69, 9.17) is 16.5 Å². The lowest BCUT2D eigenvalue weighted by Gasteiger charge is -2.17. The minimum atomic E-state index is 0.629. The van der Waals surface area contributed by atoms with E-state index in [0.717, 1.165) is 31.3 Å². The maximum Gasteiger partial charge on any atom is 0.171 e. The van der Waals surface area contributed by atoms with Gasteiger partial charge in [-0.3, -0.25) is 0 Å². The first-order valence-electron chi connectivity index (χ1n) is 7.44. The Bertz CT molecular complexity index is 584. The molecule has 3 heterocycles. The van der Waals surface area contributed by atoms with Gasteiger partial charge in [-0.15, -0.1) is 0 Å². The summed E-state index contributed by atoms with van der Waals surface area (Å²) in [4.78, 5) is 10.4. The molecule has 2 aromatic rings. The number of fused-ring (bicyclic) bond motifs is 1. The molecule has 0 radical (unpaired) electrons. The van der Waals surface area contributed by atoms with Crippen LogP contribution in [-0.4, -0.2) is 29.9 Å². The zero-order chi connectivity index (χ0) is 15.2. The molecule has 22 heavy (non-hydrogen) atoms.